The Morgan fingerprint density at radius 2 is 2.00 bits per heavy atom. The molecule has 0 saturated heterocycles. The number of halogens is 3. The number of alkyl halides is 3. The van der Waals surface area contributed by atoms with Crippen molar-refractivity contribution in [2.24, 2.45) is 7.05 Å². The quantitative estimate of drug-likeness (QED) is 0.936. The molecule has 0 fully saturated rings. The predicted molar refractivity (Wildman–Crippen MR) is 65.9 cm³/mol. The average Bonchev–Trinajstić information content (AvgIpc) is 2.84. The number of sulfonamides is 1. The first kappa shape index (κ1) is 14.8. The third kappa shape index (κ3) is 2.93. The van der Waals surface area contributed by atoms with E-state index in [9.17, 15) is 21.6 Å². The summed E-state index contributed by atoms with van der Waals surface area (Å²) in [6, 6.07) is 1.95. The van der Waals surface area contributed by atoms with E-state index in [4.69, 9.17) is 0 Å². The molecular weight excluding hydrogens is 317 g/mol. The minimum absolute atomic E-state index is 0.0576. The molecule has 0 amide bonds. The van der Waals surface area contributed by atoms with E-state index in [2.05, 4.69) is 14.2 Å². The zero-order valence-corrected chi connectivity index (χ0v) is 11.9. The minimum Gasteiger partial charge on any atom is -0.261 e. The number of aromatic nitrogens is 3. The lowest BCUT2D eigenvalue weighted by Gasteiger charge is -2.04. The lowest BCUT2D eigenvalue weighted by Crippen LogP contribution is -2.16. The number of aryl methyl sites for hydroxylation is 2. The first-order valence-electron chi connectivity index (χ1n) is 5.17. The highest BCUT2D eigenvalue weighted by Gasteiger charge is 2.36. The molecule has 0 unspecified atom stereocenters. The molecule has 2 rings (SSSR count). The van der Waals surface area contributed by atoms with Crippen molar-refractivity contribution in [3.63, 3.8) is 0 Å². The van der Waals surface area contributed by atoms with Crippen molar-refractivity contribution in [3.05, 3.63) is 22.7 Å². The Balaban J connectivity index is 2.37. The van der Waals surface area contributed by atoms with E-state index >= 15 is 0 Å². The lowest BCUT2D eigenvalue weighted by molar-refractivity contribution is -0.141. The molecule has 0 atom stereocenters. The van der Waals surface area contributed by atoms with Crippen molar-refractivity contribution in [1.29, 1.82) is 0 Å². The van der Waals surface area contributed by atoms with Crippen molar-refractivity contribution in [2.75, 3.05) is 4.72 Å². The maximum absolute atomic E-state index is 12.5. The standard InChI is InChI=1S/C9H9F3N4O2S2/c1-5-3-7(14-19-5)15-20(17,18)8-4-6(9(10,11)12)13-16(8)2/h3-4H,1-2H3,(H,14,15). The molecular formula is C9H9F3N4O2S2. The molecule has 110 valence electrons. The smallest absolute Gasteiger partial charge is 0.261 e. The maximum Gasteiger partial charge on any atom is 0.435 e. The zero-order chi connectivity index (χ0) is 15.1. The van der Waals surface area contributed by atoms with E-state index in [0.29, 0.717) is 10.7 Å². The van der Waals surface area contributed by atoms with Gasteiger partial charge in [-0.3, -0.25) is 9.40 Å². The summed E-state index contributed by atoms with van der Waals surface area (Å²) in [7, 11) is -3.05. The normalized spacial score (nSPS) is 12.7. The van der Waals surface area contributed by atoms with Gasteiger partial charge in [-0.05, 0) is 24.5 Å². The second kappa shape index (κ2) is 4.74. The van der Waals surface area contributed by atoms with Crippen molar-refractivity contribution in [2.45, 2.75) is 18.1 Å². The van der Waals surface area contributed by atoms with E-state index in [1.165, 1.54) is 6.07 Å². The number of nitrogens with zero attached hydrogens (tertiary/aromatic N) is 3. The fourth-order valence-corrected chi connectivity index (χ4v) is 3.15. The van der Waals surface area contributed by atoms with Crippen molar-refractivity contribution >= 4 is 27.4 Å². The molecule has 0 saturated carbocycles. The fraction of sp³-hybridized carbons (Fsp3) is 0.333. The second-order valence-corrected chi connectivity index (χ2v) is 6.56. The zero-order valence-electron chi connectivity index (χ0n) is 10.3. The summed E-state index contributed by atoms with van der Waals surface area (Å²) in [5, 5.41) is 2.56. The summed E-state index contributed by atoms with van der Waals surface area (Å²) < 4.78 is 68.1. The van der Waals surface area contributed by atoms with Gasteiger partial charge in [0.05, 0.1) is 0 Å². The number of hydrogen-bond donors (Lipinski definition) is 1. The number of hydrogen-bond acceptors (Lipinski definition) is 5. The highest BCUT2D eigenvalue weighted by Crippen LogP contribution is 2.29. The molecule has 2 aromatic rings. The number of rotatable bonds is 3. The van der Waals surface area contributed by atoms with Gasteiger partial charge in [-0.15, -0.1) is 0 Å². The van der Waals surface area contributed by atoms with Crippen LogP contribution in [0.2, 0.25) is 0 Å². The van der Waals surface area contributed by atoms with Gasteiger partial charge >= 0.3 is 6.18 Å². The van der Waals surface area contributed by atoms with Crippen LogP contribution in [0.5, 0.6) is 0 Å². The van der Waals surface area contributed by atoms with Gasteiger partial charge in [0.15, 0.2) is 16.5 Å². The van der Waals surface area contributed by atoms with Gasteiger partial charge in [0, 0.05) is 18.0 Å². The van der Waals surface area contributed by atoms with Gasteiger partial charge in [-0.2, -0.15) is 31.1 Å². The summed E-state index contributed by atoms with van der Waals surface area (Å²) in [4.78, 5) is 0.767. The molecule has 2 aromatic heterocycles. The fourth-order valence-electron chi connectivity index (χ4n) is 1.44. The summed E-state index contributed by atoms with van der Waals surface area (Å²) in [6.07, 6.45) is -4.71. The monoisotopic (exact) mass is 326 g/mol. The van der Waals surface area contributed by atoms with Gasteiger partial charge < -0.3 is 0 Å². The Kier molecular flexibility index (Phi) is 3.50. The Bertz CT molecular complexity index is 733. The molecule has 11 heteroatoms. The van der Waals surface area contributed by atoms with E-state index in [-0.39, 0.29) is 5.82 Å². The van der Waals surface area contributed by atoms with E-state index in [1.54, 1.807) is 6.92 Å². The molecule has 1 N–H and O–H groups in total. The van der Waals surface area contributed by atoms with Crippen LogP contribution >= 0.6 is 11.5 Å². The summed E-state index contributed by atoms with van der Waals surface area (Å²) >= 11 is 1.07. The summed E-state index contributed by atoms with van der Waals surface area (Å²) in [6.45, 7) is 1.72. The predicted octanol–water partition coefficient (Wildman–Crippen LogP) is 2.00. The molecule has 20 heavy (non-hydrogen) atoms. The second-order valence-electron chi connectivity index (χ2n) is 3.92. The highest BCUT2D eigenvalue weighted by atomic mass is 32.2. The Hall–Kier alpha value is -1.62. The van der Waals surface area contributed by atoms with Crippen LogP contribution in [0.4, 0.5) is 19.0 Å². The minimum atomic E-state index is -4.71. The largest absolute Gasteiger partial charge is 0.435 e. The van der Waals surface area contributed by atoms with Gasteiger partial charge in [0.2, 0.25) is 0 Å². The Morgan fingerprint density at radius 1 is 1.35 bits per heavy atom. The third-order valence-electron chi connectivity index (χ3n) is 2.27. The van der Waals surface area contributed by atoms with Gasteiger partial charge in [-0.1, -0.05) is 0 Å². The molecule has 0 bridgehead atoms. The van der Waals surface area contributed by atoms with E-state index < -0.39 is 26.9 Å². The first-order valence-corrected chi connectivity index (χ1v) is 7.42. The van der Waals surface area contributed by atoms with Crippen molar-refractivity contribution in [1.82, 2.24) is 14.2 Å². The van der Waals surface area contributed by atoms with Crippen LogP contribution < -0.4 is 4.72 Å². The van der Waals surface area contributed by atoms with Crippen LogP contribution in [-0.4, -0.2) is 22.6 Å². The third-order valence-corrected chi connectivity index (χ3v) is 4.37. The average molecular weight is 326 g/mol. The molecule has 0 spiro atoms. The van der Waals surface area contributed by atoms with Crippen LogP contribution in [0.15, 0.2) is 17.2 Å². The van der Waals surface area contributed by atoms with Gasteiger partial charge in [0.1, 0.15) is 0 Å². The molecule has 6 nitrogen and oxygen atoms in total. The van der Waals surface area contributed by atoms with Crippen LogP contribution in [0, 0.1) is 6.92 Å². The lowest BCUT2D eigenvalue weighted by atomic mass is 10.4. The Labute approximate surface area is 116 Å². The molecule has 0 aliphatic heterocycles. The summed E-state index contributed by atoms with van der Waals surface area (Å²) in [5.74, 6) is 0.0576. The highest BCUT2D eigenvalue weighted by molar-refractivity contribution is 7.92. The first-order chi connectivity index (χ1) is 9.09. The van der Waals surface area contributed by atoms with E-state index in [0.717, 1.165) is 23.5 Å². The maximum atomic E-state index is 12.5. The SMILES string of the molecule is Cc1cc(NS(=O)(=O)c2cc(C(F)(F)F)nn2C)ns1. The molecule has 0 aliphatic rings. The summed E-state index contributed by atoms with van der Waals surface area (Å²) in [5.41, 5.74) is -1.27. The van der Waals surface area contributed by atoms with Crippen LogP contribution in [-0.2, 0) is 23.2 Å². The van der Waals surface area contributed by atoms with Crippen molar-refractivity contribution in [3.8, 4) is 0 Å². The Morgan fingerprint density at radius 3 is 2.45 bits per heavy atom. The van der Waals surface area contributed by atoms with E-state index in [1.807, 2.05) is 0 Å². The molecule has 2 heterocycles. The van der Waals surface area contributed by atoms with Crippen LogP contribution in [0.25, 0.3) is 0 Å². The molecule has 0 aliphatic carbocycles. The van der Waals surface area contributed by atoms with Crippen molar-refractivity contribution < 1.29 is 21.6 Å². The van der Waals surface area contributed by atoms with Crippen LogP contribution in [0.1, 0.15) is 10.6 Å². The molecule has 0 radical (unpaired) electrons. The van der Waals surface area contributed by atoms with Crippen LogP contribution in [0.3, 0.4) is 0 Å². The van der Waals surface area contributed by atoms with Gasteiger partial charge in [0.25, 0.3) is 10.0 Å². The topological polar surface area (TPSA) is 76.9 Å². The number of anilines is 1. The number of nitrogens with one attached hydrogen (secondary N) is 1. The van der Waals surface area contributed by atoms with Gasteiger partial charge in [-0.25, -0.2) is 0 Å². The molecule has 0 aromatic carbocycles.